The van der Waals surface area contributed by atoms with Gasteiger partial charge in [-0.2, -0.15) is 0 Å². The van der Waals surface area contributed by atoms with Crippen LogP contribution in [0.3, 0.4) is 0 Å². The molecule has 2 heterocycles. The Morgan fingerprint density at radius 1 is 1.03 bits per heavy atom. The number of hydrogen-bond acceptors (Lipinski definition) is 4. The van der Waals surface area contributed by atoms with Crippen molar-refractivity contribution in [2.75, 3.05) is 13.1 Å². The predicted molar refractivity (Wildman–Crippen MR) is 143 cm³/mol. The maximum absolute atomic E-state index is 13.8. The van der Waals surface area contributed by atoms with Crippen molar-refractivity contribution in [2.24, 2.45) is 16.8 Å². The van der Waals surface area contributed by atoms with Gasteiger partial charge in [-0.25, -0.2) is 21.9 Å². The Morgan fingerprint density at radius 3 is 2.38 bits per heavy atom. The van der Waals surface area contributed by atoms with E-state index in [0.29, 0.717) is 18.4 Å². The summed E-state index contributed by atoms with van der Waals surface area (Å²) in [5.74, 6) is 0.382. The third-order valence-electron chi connectivity index (χ3n) is 7.39. The zero-order chi connectivity index (χ0) is 27.0. The minimum absolute atomic E-state index is 0.0489. The van der Waals surface area contributed by atoms with Crippen molar-refractivity contribution in [3.05, 3.63) is 53.3 Å². The fourth-order valence-corrected chi connectivity index (χ4v) is 6.52. The first kappa shape index (κ1) is 29.3. The lowest BCUT2D eigenvalue weighted by molar-refractivity contribution is 0.280. The van der Waals surface area contributed by atoms with Crippen LogP contribution >= 0.6 is 0 Å². The lowest BCUT2D eigenvalue weighted by Crippen LogP contribution is -2.32. The van der Waals surface area contributed by atoms with Crippen LogP contribution in [-0.4, -0.2) is 33.4 Å². The van der Waals surface area contributed by atoms with E-state index in [0.717, 1.165) is 68.5 Å². The van der Waals surface area contributed by atoms with Crippen LogP contribution in [0.25, 0.3) is 0 Å². The van der Waals surface area contributed by atoms with Gasteiger partial charge < -0.3 is 9.73 Å². The summed E-state index contributed by atoms with van der Waals surface area (Å²) in [6, 6.07) is 5.96. The van der Waals surface area contributed by atoms with Gasteiger partial charge in [-0.15, -0.1) is 0 Å². The van der Waals surface area contributed by atoms with Gasteiger partial charge in [0.15, 0.2) is 11.6 Å². The molecule has 2 N–H and O–H groups in total. The van der Waals surface area contributed by atoms with Crippen molar-refractivity contribution < 1.29 is 21.6 Å². The fourth-order valence-electron chi connectivity index (χ4n) is 5.48. The van der Waals surface area contributed by atoms with Crippen molar-refractivity contribution in [1.82, 2.24) is 10.0 Å². The lowest BCUT2D eigenvalue weighted by atomic mass is 9.79. The third-order valence-corrected chi connectivity index (χ3v) is 8.69. The molecule has 0 bridgehead atoms. The SMILES string of the molecule is CC.CC.O=S(=O)(NCC1CCC(CN=C2CC3c4cc(F)c(F)cc4CCC3N2)CC1)c1ccco1. The van der Waals surface area contributed by atoms with Crippen molar-refractivity contribution in [3.8, 4) is 0 Å². The molecule has 1 aromatic carbocycles. The lowest BCUT2D eigenvalue weighted by Gasteiger charge is -2.27. The molecule has 0 spiro atoms. The zero-order valence-electron chi connectivity index (χ0n) is 22.4. The Morgan fingerprint density at radius 2 is 1.70 bits per heavy atom. The first-order valence-electron chi connectivity index (χ1n) is 13.7. The number of aryl methyl sites for hydroxylation is 1. The average molecular weight is 538 g/mol. The summed E-state index contributed by atoms with van der Waals surface area (Å²) in [7, 11) is -3.58. The van der Waals surface area contributed by atoms with Gasteiger partial charge in [0, 0.05) is 31.5 Å². The number of fused-ring (bicyclic) bond motifs is 3. The van der Waals surface area contributed by atoms with Crippen LogP contribution in [-0.2, 0) is 16.4 Å². The first-order chi connectivity index (χ1) is 17.9. The molecular formula is C28H41F2N3O3S. The Kier molecular flexibility index (Phi) is 10.7. The number of furan rings is 1. The van der Waals surface area contributed by atoms with Crippen LogP contribution in [0.1, 0.15) is 83.3 Å². The molecule has 5 rings (SSSR count). The van der Waals surface area contributed by atoms with E-state index in [-0.39, 0.29) is 17.1 Å². The van der Waals surface area contributed by atoms with Gasteiger partial charge >= 0.3 is 0 Å². The van der Waals surface area contributed by atoms with Crippen LogP contribution in [0.15, 0.2) is 45.0 Å². The Labute approximate surface area is 220 Å². The molecule has 1 aromatic heterocycles. The van der Waals surface area contributed by atoms with Crippen LogP contribution in [0.5, 0.6) is 0 Å². The second-order valence-corrected chi connectivity index (χ2v) is 11.2. The topological polar surface area (TPSA) is 83.7 Å². The molecule has 9 heteroatoms. The van der Waals surface area contributed by atoms with Crippen molar-refractivity contribution in [3.63, 3.8) is 0 Å². The van der Waals surface area contributed by atoms with E-state index in [4.69, 9.17) is 9.41 Å². The highest BCUT2D eigenvalue weighted by atomic mass is 32.2. The van der Waals surface area contributed by atoms with E-state index < -0.39 is 21.7 Å². The van der Waals surface area contributed by atoms with E-state index in [1.807, 2.05) is 27.7 Å². The molecule has 1 aliphatic heterocycles. The molecule has 2 atom stereocenters. The van der Waals surface area contributed by atoms with Gasteiger partial charge in [-0.1, -0.05) is 27.7 Å². The summed E-state index contributed by atoms with van der Waals surface area (Å²) in [4.78, 5) is 4.84. The zero-order valence-corrected chi connectivity index (χ0v) is 23.2. The molecule has 206 valence electrons. The van der Waals surface area contributed by atoms with Gasteiger partial charge in [-0.05, 0) is 85.8 Å². The molecule has 2 aliphatic carbocycles. The highest BCUT2D eigenvalue weighted by Crippen LogP contribution is 2.39. The van der Waals surface area contributed by atoms with Gasteiger partial charge in [-0.3, -0.25) is 4.99 Å². The van der Waals surface area contributed by atoms with E-state index in [1.54, 1.807) is 6.07 Å². The number of benzene rings is 1. The van der Waals surface area contributed by atoms with E-state index in [9.17, 15) is 17.2 Å². The summed E-state index contributed by atoms with van der Waals surface area (Å²) in [5.41, 5.74) is 1.83. The normalized spacial score (nSPS) is 25.6. The van der Waals surface area contributed by atoms with Crippen LogP contribution < -0.4 is 10.0 Å². The highest BCUT2D eigenvalue weighted by molar-refractivity contribution is 7.89. The maximum atomic E-state index is 13.8. The number of aliphatic imine (C=N–C) groups is 1. The average Bonchev–Trinajstić information content (AvgIpc) is 3.61. The Hall–Kier alpha value is -2.26. The molecular weight excluding hydrogens is 496 g/mol. The molecule has 0 radical (unpaired) electrons. The molecule has 6 nitrogen and oxygen atoms in total. The number of halogens is 2. The summed E-state index contributed by atoms with van der Waals surface area (Å²) in [6.07, 6.45) is 7.72. The highest BCUT2D eigenvalue weighted by Gasteiger charge is 2.37. The summed E-state index contributed by atoms with van der Waals surface area (Å²) < 4.78 is 59.5. The number of amidine groups is 1. The molecule has 3 aliphatic rings. The molecule has 1 saturated heterocycles. The summed E-state index contributed by atoms with van der Waals surface area (Å²) in [6.45, 7) is 9.17. The fraction of sp³-hybridized carbons (Fsp3) is 0.607. The predicted octanol–water partition coefficient (Wildman–Crippen LogP) is 6.19. The number of nitrogens with one attached hydrogen (secondary N) is 2. The van der Waals surface area contributed by atoms with Gasteiger partial charge in [0.2, 0.25) is 5.09 Å². The molecule has 2 unspecified atom stereocenters. The minimum Gasteiger partial charge on any atom is -0.452 e. The third kappa shape index (κ3) is 7.19. The molecule has 1 saturated carbocycles. The molecule has 2 fully saturated rings. The Balaban J connectivity index is 0.000000907. The van der Waals surface area contributed by atoms with Gasteiger partial charge in [0.25, 0.3) is 10.0 Å². The van der Waals surface area contributed by atoms with Crippen molar-refractivity contribution in [2.45, 2.75) is 89.7 Å². The van der Waals surface area contributed by atoms with Crippen LogP contribution in [0.4, 0.5) is 8.78 Å². The number of sulfonamides is 1. The summed E-state index contributed by atoms with van der Waals surface area (Å²) >= 11 is 0. The van der Waals surface area contributed by atoms with E-state index >= 15 is 0 Å². The second-order valence-electron chi connectivity index (χ2n) is 9.52. The standard InChI is InChI=1S/C24H29F2N3O3S.2C2H6/c25-20-10-17-7-8-22-19(18(17)11-21(20)26)12-23(29-22)27-13-15-3-5-16(6-4-15)14-28-33(30,31)24-2-1-9-32-24;2*1-2/h1-2,9-11,15-16,19,22,28H,3-8,12-14H2,(H,27,29);2*1-2H3. The summed E-state index contributed by atoms with van der Waals surface area (Å²) in [5, 5.41) is 3.47. The Bertz CT molecular complexity index is 1130. The van der Waals surface area contributed by atoms with Crippen molar-refractivity contribution in [1.29, 1.82) is 0 Å². The molecule has 0 amide bonds. The van der Waals surface area contributed by atoms with Gasteiger partial charge in [0.05, 0.1) is 12.1 Å². The molecule has 2 aromatic rings. The van der Waals surface area contributed by atoms with Crippen molar-refractivity contribution >= 4 is 15.9 Å². The molecule has 37 heavy (non-hydrogen) atoms. The monoisotopic (exact) mass is 537 g/mol. The van der Waals surface area contributed by atoms with Crippen LogP contribution in [0, 0.1) is 23.5 Å². The van der Waals surface area contributed by atoms with Gasteiger partial charge in [0.1, 0.15) is 0 Å². The minimum atomic E-state index is -3.58. The quantitative estimate of drug-likeness (QED) is 0.461. The van der Waals surface area contributed by atoms with Crippen LogP contribution in [0.2, 0.25) is 0 Å². The number of nitrogens with zero attached hydrogens (tertiary/aromatic N) is 1. The smallest absolute Gasteiger partial charge is 0.273 e. The first-order valence-corrected chi connectivity index (χ1v) is 15.2. The number of rotatable bonds is 6. The number of hydrogen-bond donors (Lipinski definition) is 2. The maximum Gasteiger partial charge on any atom is 0.273 e. The van der Waals surface area contributed by atoms with E-state index in [1.165, 1.54) is 24.5 Å². The van der Waals surface area contributed by atoms with E-state index in [2.05, 4.69) is 10.0 Å². The largest absolute Gasteiger partial charge is 0.452 e. The second kappa shape index (κ2) is 13.5.